The average Bonchev–Trinajstić information content (AvgIpc) is 2.03. The number of carboxylic acids is 1. The lowest BCUT2D eigenvalue weighted by atomic mass is 9.92. The number of aliphatic carboxylic acids is 1. The highest BCUT2D eigenvalue weighted by Gasteiger charge is 2.40. The lowest BCUT2D eigenvalue weighted by Gasteiger charge is -2.38. The zero-order valence-electron chi connectivity index (χ0n) is 55.6. The van der Waals surface area contributed by atoms with Crippen molar-refractivity contribution >= 4 is 94.2 Å². The molecule has 3 heterocycles. The second-order valence-electron chi connectivity index (χ2n) is 24.2. The number of nitrogens with one attached hydrogen (secondary N) is 8. The molecular formula is C63H98N12O16S2. The quantitative estimate of drug-likeness (QED) is 0.0264. The van der Waals surface area contributed by atoms with Gasteiger partial charge in [-0.2, -0.15) is 11.8 Å². The molecule has 0 spiro atoms. The first-order chi connectivity index (χ1) is 44.2. The van der Waals surface area contributed by atoms with Gasteiger partial charge in [0, 0.05) is 64.0 Å². The van der Waals surface area contributed by atoms with Crippen molar-refractivity contribution in [2.45, 2.75) is 180 Å². The van der Waals surface area contributed by atoms with Crippen molar-refractivity contribution < 1.29 is 76.9 Å². The van der Waals surface area contributed by atoms with Crippen LogP contribution < -0.4 is 42.8 Å². The van der Waals surface area contributed by atoms with Crippen LogP contribution in [0.5, 0.6) is 0 Å². The predicted octanol–water partition coefficient (Wildman–Crippen LogP) is 2.92. The molecule has 9 N–H and O–H groups in total. The summed E-state index contributed by atoms with van der Waals surface area (Å²) in [6, 6.07) is 2.57. The number of nitrogens with zero attached hydrogens (tertiary/aromatic N) is 4. The van der Waals surface area contributed by atoms with E-state index < -0.39 is 102 Å². The van der Waals surface area contributed by atoms with Crippen LogP contribution in [0, 0.1) is 24.7 Å². The number of ether oxygens (including phenoxy) is 3. The minimum atomic E-state index is -1.30. The van der Waals surface area contributed by atoms with Gasteiger partial charge in [-0.15, -0.1) is 11.3 Å². The number of carboxylic acid groups (broad SMARTS) is 1. The first kappa shape index (κ1) is 78.2. The van der Waals surface area contributed by atoms with Gasteiger partial charge in [0.05, 0.1) is 30.4 Å². The number of carbonyl (C=O) groups excluding carboxylic acids is 11. The van der Waals surface area contributed by atoms with Crippen molar-refractivity contribution in [1.29, 1.82) is 0 Å². The van der Waals surface area contributed by atoms with E-state index in [0.717, 1.165) is 46.7 Å². The van der Waals surface area contributed by atoms with Gasteiger partial charge in [-0.05, 0) is 102 Å². The van der Waals surface area contributed by atoms with Gasteiger partial charge in [-0.3, -0.25) is 73.4 Å². The van der Waals surface area contributed by atoms with E-state index in [1.165, 1.54) is 36.1 Å². The molecule has 28 nitrogen and oxygen atoms in total. The van der Waals surface area contributed by atoms with Crippen LogP contribution >= 0.6 is 23.1 Å². The summed E-state index contributed by atoms with van der Waals surface area (Å²) in [6.07, 6.45) is 3.48. The Morgan fingerprint density at radius 2 is 1.58 bits per heavy atom. The topological polar surface area (TPSA) is 372 Å². The summed E-state index contributed by atoms with van der Waals surface area (Å²) in [5.41, 5.74) is 6.32. The number of piperidine rings is 1. The van der Waals surface area contributed by atoms with Crippen LogP contribution in [-0.2, 0) is 68.6 Å². The highest BCUT2D eigenvalue weighted by atomic mass is 32.2. The number of methoxy groups -OCH3 is 1. The summed E-state index contributed by atoms with van der Waals surface area (Å²) in [5, 5.41) is 27.2. The van der Waals surface area contributed by atoms with Gasteiger partial charge in [0.2, 0.25) is 41.4 Å². The van der Waals surface area contributed by atoms with E-state index in [0.29, 0.717) is 32.3 Å². The lowest BCUT2D eigenvalue weighted by molar-refractivity contribution is -0.142. The lowest BCUT2D eigenvalue weighted by Crippen LogP contribution is -2.58. The minimum Gasteiger partial charge on any atom is -0.481 e. The SMILES string of the molecule is CCC(C)[C@H](NC(=O)C1CCCCN1C)C(=O)N(C)[C@H](C[C@@H](OC(=O)NCC(=O)NNC(=O)C(CCCCNC(=O)COCCOC)NC(=O)C(C)NC(=O)CCCN1C(=O)CC(SC)C1=O)c1nc(C(=O)N[C@@H](Cc2ccc(C)cc2)CC(C)C(=O)O)cs1)C(C)C. The van der Waals surface area contributed by atoms with Crippen molar-refractivity contribution in [3.8, 4) is 0 Å². The fourth-order valence-electron chi connectivity index (χ4n) is 10.6. The highest BCUT2D eigenvalue weighted by Crippen LogP contribution is 2.32. The van der Waals surface area contributed by atoms with Gasteiger partial charge in [-0.1, -0.05) is 77.3 Å². The third-order valence-electron chi connectivity index (χ3n) is 16.5. The molecular weight excluding hydrogens is 1240 g/mol. The maximum atomic E-state index is 14.7. The molecule has 1 aromatic carbocycles. The van der Waals surface area contributed by atoms with Crippen LogP contribution in [0.15, 0.2) is 29.6 Å². The highest BCUT2D eigenvalue weighted by molar-refractivity contribution is 8.00. The van der Waals surface area contributed by atoms with Gasteiger partial charge in [0.1, 0.15) is 42.0 Å². The Morgan fingerprint density at radius 3 is 2.23 bits per heavy atom. The van der Waals surface area contributed by atoms with Crippen molar-refractivity contribution in [2.24, 2.45) is 17.8 Å². The first-order valence-corrected chi connectivity index (χ1v) is 34.0. The average molecular weight is 1340 g/mol. The van der Waals surface area contributed by atoms with Crippen molar-refractivity contribution in [3.63, 3.8) is 0 Å². The molecule has 2 fully saturated rings. The summed E-state index contributed by atoms with van der Waals surface area (Å²) >= 11 is 2.27. The summed E-state index contributed by atoms with van der Waals surface area (Å²) in [7, 11) is 4.99. The number of hydrazine groups is 1. The number of imide groups is 1. The number of likely N-dealkylation sites (N-methyl/N-ethyl adjacent to an activating group) is 2. The normalized spacial score (nSPS) is 17.5. The summed E-state index contributed by atoms with van der Waals surface area (Å²) in [6.45, 7) is 13.0. The largest absolute Gasteiger partial charge is 0.481 e. The first-order valence-electron chi connectivity index (χ1n) is 31.8. The van der Waals surface area contributed by atoms with Crippen LogP contribution in [-0.4, -0.2) is 211 Å². The molecule has 1 aromatic heterocycles. The number of aromatic nitrogens is 1. The molecule has 0 saturated carbocycles. The number of amides is 11. The summed E-state index contributed by atoms with van der Waals surface area (Å²) in [4.78, 5) is 168. The van der Waals surface area contributed by atoms with E-state index in [-0.39, 0.29) is 123 Å². The zero-order chi connectivity index (χ0) is 68.9. The van der Waals surface area contributed by atoms with Gasteiger partial charge in [0.25, 0.3) is 17.7 Å². The van der Waals surface area contributed by atoms with E-state index in [4.69, 9.17) is 14.2 Å². The fraction of sp³-hybridized carbons (Fsp3) is 0.667. The predicted molar refractivity (Wildman–Crippen MR) is 348 cm³/mol. The number of thioether (sulfide) groups is 1. The van der Waals surface area contributed by atoms with Crippen molar-refractivity contribution in [3.05, 3.63) is 51.5 Å². The molecule has 2 aliphatic heterocycles. The number of hydrogen-bond donors (Lipinski definition) is 9. The Kier molecular flexibility index (Phi) is 33.7. The molecule has 0 bridgehead atoms. The molecule has 93 heavy (non-hydrogen) atoms. The summed E-state index contributed by atoms with van der Waals surface area (Å²) < 4.78 is 16.2. The third kappa shape index (κ3) is 26.2. The molecule has 30 heteroatoms. The number of rotatable bonds is 39. The number of carbonyl (C=O) groups is 12. The molecule has 0 radical (unpaired) electrons. The zero-order valence-corrected chi connectivity index (χ0v) is 57.2. The van der Waals surface area contributed by atoms with Crippen molar-refractivity contribution in [2.75, 3.05) is 73.5 Å². The number of likely N-dealkylation sites (tertiary alicyclic amines) is 2. The van der Waals surface area contributed by atoms with Gasteiger partial charge in [-0.25, -0.2) is 9.78 Å². The van der Waals surface area contributed by atoms with Crippen LogP contribution in [0.4, 0.5) is 4.79 Å². The Bertz CT molecular complexity index is 2850. The molecule has 11 amide bonds. The van der Waals surface area contributed by atoms with Crippen LogP contribution in [0.1, 0.15) is 151 Å². The van der Waals surface area contributed by atoms with E-state index >= 15 is 0 Å². The van der Waals surface area contributed by atoms with E-state index in [1.807, 2.05) is 70.8 Å². The van der Waals surface area contributed by atoms with E-state index in [9.17, 15) is 62.6 Å². The molecule has 10 atom stereocenters. The molecule has 2 saturated heterocycles. The molecule has 2 aromatic rings. The molecule has 518 valence electrons. The second-order valence-corrected chi connectivity index (χ2v) is 26.1. The third-order valence-corrected chi connectivity index (χ3v) is 18.4. The van der Waals surface area contributed by atoms with Crippen LogP contribution in [0.25, 0.3) is 0 Å². The fourth-order valence-corrected chi connectivity index (χ4v) is 12.1. The van der Waals surface area contributed by atoms with Gasteiger partial charge in [0.15, 0.2) is 6.10 Å². The molecule has 6 unspecified atom stereocenters. The van der Waals surface area contributed by atoms with Gasteiger partial charge >= 0.3 is 12.1 Å². The molecule has 4 rings (SSSR count). The Balaban J connectivity index is 1.51. The minimum absolute atomic E-state index is 0.00355. The molecule has 0 aliphatic carbocycles. The number of unbranched alkanes of at least 4 members (excludes halogenated alkanes) is 1. The van der Waals surface area contributed by atoms with Crippen molar-refractivity contribution in [1.82, 2.24) is 62.4 Å². The Hall–Kier alpha value is -7.28. The maximum Gasteiger partial charge on any atom is 0.408 e. The van der Waals surface area contributed by atoms with E-state index in [1.54, 1.807) is 20.2 Å². The van der Waals surface area contributed by atoms with Crippen LogP contribution in [0.3, 0.4) is 0 Å². The molecule has 2 aliphatic rings. The number of alkyl carbamates (subject to hydrolysis) is 1. The van der Waals surface area contributed by atoms with Crippen LogP contribution in [0.2, 0.25) is 0 Å². The number of aryl methyl sites for hydroxylation is 1. The number of benzene rings is 1. The summed E-state index contributed by atoms with van der Waals surface area (Å²) in [5.74, 6) is -7.79. The van der Waals surface area contributed by atoms with Gasteiger partial charge < -0.3 is 56.1 Å². The number of thiazole rings is 1. The Morgan fingerprint density at radius 1 is 0.860 bits per heavy atom. The maximum absolute atomic E-state index is 14.7. The second kappa shape index (κ2) is 40.1. The van der Waals surface area contributed by atoms with E-state index in [2.05, 4.69) is 47.7 Å². The smallest absolute Gasteiger partial charge is 0.408 e. The standard InChI is InChI=1S/C63H98N12O16S2/c1-12-39(5)54(70-58(83)46-19-14-16-26-73(46)8)61(85)74(9)47(37(2)3)32-48(59-69-45(36-93-59)56(81)67-43(30-40(6)62(86)87)31-42-23-21-38(4)22-24-42)91-63(88)65-34-51(77)71-72-57(82)44(18-13-15-25-64-52(78)35-90-29-28-89-10)68-55(80)41(7)66-50(76)20-17-27-75-53(79)33-49(92-11)60(75)84/h21-24,36-37,39-41,43-44,46-49,54H,12-20,25-35H2,1-11H3,(H,64,78)(H,65,88)(H,66,76)(H,67,81)(H,68,80)(H,70,83)(H,71,77)(H,72,82)(H,86,87)/t39?,40?,41?,43-,44?,46?,47-,48-,49?,54+/m1/s1. The Labute approximate surface area is 553 Å². The monoisotopic (exact) mass is 1340 g/mol. The number of hydrogen-bond acceptors (Lipinski definition) is 19.